The molecular weight excluding hydrogens is 334 g/mol. The van der Waals surface area contributed by atoms with Crippen molar-refractivity contribution in [2.45, 2.75) is 38.5 Å². The lowest BCUT2D eigenvalue weighted by atomic mass is 9.71. The molecule has 0 bridgehead atoms. The third-order valence-corrected chi connectivity index (χ3v) is 4.87. The fourth-order valence-corrected chi connectivity index (χ4v) is 3.57. The molecule has 0 spiro atoms. The van der Waals surface area contributed by atoms with Crippen molar-refractivity contribution in [3.8, 4) is 0 Å². The van der Waals surface area contributed by atoms with Crippen LogP contribution in [0.2, 0.25) is 0 Å². The van der Waals surface area contributed by atoms with Crippen LogP contribution in [0, 0.1) is 5.41 Å². The van der Waals surface area contributed by atoms with E-state index in [2.05, 4.69) is 21.2 Å². The third kappa shape index (κ3) is 3.95. The Hall–Kier alpha value is -1.14. The molecular formula is C15H22BrN3O2. The summed E-state index contributed by atoms with van der Waals surface area (Å²) >= 11 is 3.20. The largest absolute Gasteiger partial charge is 0.330 e. The molecule has 1 heterocycles. The summed E-state index contributed by atoms with van der Waals surface area (Å²) in [6.45, 7) is 0.553. The number of nitrogens with zero attached hydrogens (tertiary/aromatic N) is 1. The molecule has 0 aliphatic heterocycles. The molecule has 0 radical (unpaired) electrons. The molecule has 0 atom stereocenters. The molecule has 1 amide bonds. The van der Waals surface area contributed by atoms with Crippen LogP contribution in [-0.4, -0.2) is 17.0 Å². The van der Waals surface area contributed by atoms with Crippen LogP contribution < -0.4 is 16.6 Å². The smallest absolute Gasteiger partial charge is 0.264 e. The minimum Gasteiger partial charge on any atom is -0.330 e. The van der Waals surface area contributed by atoms with Crippen LogP contribution in [0.3, 0.4) is 0 Å². The van der Waals surface area contributed by atoms with Gasteiger partial charge in [-0.25, -0.2) is 0 Å². The lowest BCUT2D eigenvalue weighted by molar-refractivity contribution is -0.118. The van der Waals surface area contributed by atoms with Crippen molar-refractivity contribution in [2.75, 3.05) is 11.9 Å². The van der Waals surface area contributed by atoms with Crippen LogP contribution in [0.25, 0.3) is 0 Å². The summed E-state index contributed by atoms with van der Waals surface area (Å²) in [4.78, 5) is 23.9. The zero-order valence-electron chi connectivity index (χ0n) is 12.3. The van der Waals surface area contributed by atoms with E-state index in [0.717, 1.165) is 25.7 Å². The Labute approximate surface area is 133 Å². The number of anilines is 1. The normalized spacial score (nSPS) is 17.5. The summed E-state index contributed by atoms with van der Waals surface area (Å²) in [5, 5.41) is 2.87. The monoisotopic (exact) mass is 355 g/mol. The van der Waals surface area contributed by atoms with E-state index in [1.165, 1.54) is 11.0 Å². The van der Waals surface area contributed by atoms with Crippen LogP contribution >= 0.6 is 15.9 Å². The van der Waals surface area contributed by atoms with Gasteiger partial charge in [0.2, 0.25) is 5.91 Å². The Balaban J connectivity index is 2.06. The Bertz CT molecular complexity index is 551. The molecule has 6 heteroatoms. The summed E-state index contributed by atoms with van der Waals surface area (Å²) in [7, 11) is 1.66. The first-order chi connectivity index (χ1) is 9.96. The predicted octanol–water partition coefficient (Wildman–Crippen LogP) is 2.39. The molecule has 1 saturated carbocycles. The summed E-state index contributed by atoms with van der Waals surface area (Å²) < 4.78 is 1.88. The van der Waals surface area contributed by atoms with E-state index in [0.29, 0.717) is 23.1 Å². The lowest BCUT2D eigenvalue weighted by Gasteiger charge is -2.35. The summed E-state index contributed by atoms with van der Waals surface area (Å²) in [6, 6.07) is 1.64. The van der Waals surface area contributed by atoms with Gasteiger partial charge in [-0.15, -0.1) is 0 Å². The third-order valence-electron chi connectivity index (χ3n) is 4.31. The number of rotatable bonds is 4. The van der Waals surface area contributed by atoms with Gasteiger partial charge in [0, 0.05) is 19.7 Å². The van der Waals surface area contributed by atoms with Gasteiger partial charge in [-0.05, 0) is 46.8 Å². The standard InChI is InChI=1S/C15H22BrN3O2/c1-19-9-11(7-12(16)14(19)21)18-13(20)8-15(10-17)5-3-2-4-6-15/h7,9H,2-6,8,10,17H2,1H3,(H,18,20). The van der Waals surface area contributed by atoms with E-state index in [1.54, 1.807) is 19.3 Å². The number of hydrogen-bond acceptors (Lipinski definition) is 3. The maximum atomic E-state index is 12.3. The Kier molecular flexibility index (Phi) is 5.22. The molecule has 0 aromatic carbocycles. The zero-order chi connectivity index (χ0) is 15.5. The van der Waals surface area contributed by atoms with Crippen molar-refractivity contribution in [2.24, 2.45) is 18.2 Å². The molecule has 1 aromatic rings. The van der Waals surface area contributed by atoms with Crippen molar-refractivity contribution in [3.05, 3.63) is 27.1 Å². The number of nitrogens with one attached hydrogen (secondary N) is 1. The van der Waals surface area contributed by atoms with E-state index in [9.17, 15) is 9.59 Å². The van der Waals surface area contributed by atoms with Gasteiger partial charge in [0.25, 0.3) is 5.56 Å². The topological polar surface area (TPSA) is 77.1 Å². The number of aromatic nitrogens is 1. The number of aryl methyl sites for hydroxylation is 1. The highest BCUT2D eigenvalue weighted by Crippen LogP contribution is 2.38. The molecule has 1 aliphatic rings. The van der Waals surface area contributed by atoms with E-state index in [-0.39, 0.29) is 16.9 Å². The first-order valence-corrected chi connectivity index (χ1v) is 8.11. The van der Waals surface area contributed by atoms with Crippen LogP contribution in [0.1, 0.15) is 38.5 Å². The van der Waals surface area contributed by atoms with Crippen LogP contribution in [0.5, 0.6) is 0 Å². The van der Waals surface area contributed by atoms with E-state index < -0.39 is 0 Å². The zero-order valence-corrected chi connectivity index (χ0v) is 13.9. The molecule has 21 heavy (non-hydrogen) atoms. The molecule has 0 unspecified atom stereocenters. The number of nitrogens with two attached hydrogens (primary N) is 1. The highest BCUT2D eigenvalue weighted by Gasteiger charge is 2.32. The average molecular weight is 356 g/mol. The fraction of sp³-hybridized carbons (Fsp3) is 0.600. The average Bonchev–Trinajstić information content (AvgIpc) is 2.45. The summed E-state index contributed by atoms with van der Waals surface area (Å²) in [5.74, 6) is -0.0344. The predicted molar refractivity (Wildman–Crippen MR) is 87.2 cm³/mol. The minimum atomic E-state index is -0.126. The number of carbonyl (C=O) groups is 1. The van der Waals surface area contributed by atoms with Gasteiger partial charge in [0.15, 0.2) is 0 Å². The second-order valence-electron chi connectivity index (χ2n) is 5.98. The molecule has 0 saturated heterocycles. The number of pyridine rings is 1. The van der Waals surface area contributed by atoms with Crippen LogP contribution in [-0.2, 0) is 11.8 Å². The maximum absolute atomic E-state index is 12.3. The summed E-state index contributed by atoms with van der Waals surface area (Å²) in [5.41, 5.74) is 6.36. The van der Waals surface area contributed by atoms with Gasteiger partial charge in [0.1, 0.15) is 0 Å². The quantitative estimate of drug-likeness (QED) is 0.870. The van der Waals surface area contributed by atoms with E-state index >= 15 is 0 Å². The fourth-order valence-electron chi connectivity index (χ4n) is 3.04. The van der Waals surface area contributed by atoms with Crippen molar-refractivity contribution >= 4 is 27.5 Å². The molecule has 1 aromatic heterocycles. The Morgan fingerprint density at radius 2 is 2.10 bits per heavy atom. The van der Waals surface area contributed by atoms with Crippen LogP contribution in [0.4, 0.5) is 5.69 Å². The van der Waals surface area contributed by atoms with Gasteiger partial charge in [0.05, 0.1) is 10.2 Å². The van der Waals surface area contributed by atoms with Crippen molar-refractivity contribution < 1.29 is 4.79 Å². The Morgan fingerprint density at radius 3 is 2.67 bits per heavy atom. The summed E-state index contributed by atoms with van der Waals surface area (Å²) in [6.07, 6.45) is 7.65. The molecule has 5 nitrogen and oxygen atoms in total. The molecule has 116 valence electrons. The number of hydrogen-bond donors (Lipinski definition) is 2. The first-order valence-electron chi connectivity index (χ1n) is 7.32. The van der Waals surface area contributed by atoms with Crippen molar-refractivity contribution in [3.63, 3.8) is 0 Å². The molecule has 1 fully saturated rings. The lowest BCUT2D eigenvalue weighted by Crippen LogP contribution is -2.36. The highest BCUT2D eigenvalue weighted by molar-refractivity contribution is 9.10. The van der Waals surface area contributed by atoms with E-state index in [1.807, 2.05) is 0 Å². The minimum absolute atomic E-state index is 0.0344. The van der Waals surface area contributed by atoms with E-state index in [4.69, 9.17) is 5.73 Å². The van der Waals surface area contributed by atoms with Crippen molar-refractivity contribution in [1.82, 2.24) is 4.57 Å². The number of carbonyl (C=O) groups excluding carboxylic acids is 1. The van der Waals surface area contributed by atoms with Gasteiger partial charge >= 0.3 is 0 Å². The first kappa shape index (κ1) is 16.2. The molecule has 2 rings (SSSR count). The second-order valence-corrected chi connectivity index (χ2v) is 6.84. The van der Waals surface area contributed by atoms with Gasteiger partial charge in [-0.1, -0.05) is 19.3 Å². The van der Waals surface area contributed by atoms with Gasteiger partial charge < -0.3 is 15.6 Å². The SMILES string of the molecule is Cn1cc(NC(=O)CC2(CN)CCCCC2)cc(Br)c1=O. The van der Waals surface area contributed by atoms with Crippen LogP contribution in [0.15, 0.2) is 21.5 Å². The number of halogens is 1. The molecule has 3 N–H and O–H groups in total. The van der Waals surface area contributed by atoms with Gasteiger partial charge in [-0.3, -0.25) is 9.59 Å². The number of amides is 1. The highest BCUT2D eigenvalue weighted by atomic mass is 79.9. The van der Waals surface area contributed by atoms with Gasteiger partial charge in [-0.2, -0.15) is 0 Å². The molecule has 1 aliphatic carbocycles. The second kappa shape index (κ2) is 6.75. The maximum Gasteiger partial charge on any atom is 0.264 e. The Morgan fingerprint density at radius 1 is 1.43 bits per heavy atom. The van der Waals surface area contributed by atoms with Crippen molar-refractivity contribution in [1.29, 1.82) is 0 Å².